The van der Waals surface area contributed by atoms with Crippen molar-refractivity contribution in [2.45, 2.75) is 32.0 Å². The van der Waals surface area contributed by atoms with Crippen LogP contribution in [-0.2, 0) is 4.74 Å². The fourth-order valence-electron chi connectivity index (χ4n) is 2.68. The van der Waals surface area contributed by atoms with Gasteiger partial charge in [-0.15, -0.1) is 0 Å². The molecule has 2 rings (SSSR count). The number of nitro groups is 1. The van der Waals surface area contributed by atoms with Gasteiger partial charge in [-0.05, 0) is 12.6 Å². The first-order valence-electron chi connectivity index (χ1n) is 7.28. The van der Waals surface area contributed by atoms with Crippen molar-refractivity contribution in [2.24, 2.45) is 0 Å². The highest BCUT2D eigenvalue weighted by molar-refractivity contribution is 5.36. The lowest BCUT2D eigenvalue weighted by atomic mass is 9.97. The molecular weight excluding hydrogens is 270 g/mol. The van der Waals surface area contributed by atoms with Gasteiger partial charge in [-0.1, -0.05) is 26.0 Å². The number of hydrogen-bond acceptors (Lipinski definition) is 5. The topological polar surface area (TPSA) is 67.6 Å². The van der Waals surface area contributed by atoms with Crippen molar-refractivity contribution < 1.29 is 9.66 Å². The van der Waals surface area contributed by atoms with E-state index in [1.165, 1.54) is 6.07 Å². The lowest BCUT2D eigenvalue weighted by molar-refractivity contribution is -0.385. The van der Waals surface area contributed by atoms with Crippen molar-refractivity contribution in [2.75, 3.05) is 26.7 Å². The van der Waals surface area contributed by atoms with Gasteiger partial charge in [-0.25, -0.2) is 0 Å². The van der Waals surface area contributed by atoms with Crippen molar-refractivity contribution in [3.05, 3.63) is 39.9 Å². The minimum atomic E-state index is -0.353. The van der Waals surface area contributed by atoms with Crippen molar-refractivity contribution in [1.82, 2.24) is 10.2 Å². The van der Waals surface area contributed by atoms with E-state index in [1.54, 1.807) is 12.1 Å². The van der Waals surface area contributed by atoms with Crippen LogP contribution in [-0.4, -0.2) is 48.7 Å². The molecule has 0 spiro atoms. The van der Waals surface area contributed by atoms with E-state index in [0.717, 1.165) is 18.7 Å². The third-order valence-corrected chi connectivity index (χ3v) is 3.75. The molecular formula is C15H23N3O3. The van der Waals surface area contributed by atoms with Gasteiger partial charge in [0.05, 0.1) is 23.7 Å². The summed E-state index contributed by atoms with van der Waals surface area (Å²) >= 11 is 0. The number of nitro benzene ring substituents is 1. The maximum atomic E-state index is 11.0. The Morgan fingerprint density at radius 2 is 2.29 bits per heavy atom. The van der Waals surface area contributed by atoms with Gasteiger partial charge in [0.15, 0.2) is 0 Å². The molecule has 2 atom stereocenters. The van der Waals surface area contributed by atoms with Crippen LogP contribution in [0.15, 0.2) is 24.3 Å². The number of ether oxygens (including phenoxy) is 1. The summed E-state index contributed by atoms with van der Waals surface area (Å²) < 4.78 is 5.89. The lowest BCUT2D eigenvalue weighted by Crippen LogP contribution is -2.48. The molecule has 0 amide bonds. The quantitative estimate of drug-likeness (QED) is 0.664. The Labute approximate surface area is 125 Å². The summed E-state index contributed by atoms with van der Waals surface area (Å²) in [5, 5.41) is 14.3. The van der Waals surface area contributed by atoms with Gasteiger partial charge >= 0.3 is 0 Å². The Morgan fingerprint density at radius 3 is 2.95 bits per heavy atom. The monoisotopic (exact) mass is 293 g/mol. The molecule has 2 unspecified atom stereocenters. The number of likely N-dealkylation sites (N-methyl/N-ethyl adjacent to an activating group) is 1. The number of nitrogens with one attached hydrogen (secondary N) is 1. The molecule has 0 radical (unpaired) electrons. The molecule has 6 nitrogen and oxygen atoms in total. The van der Waals surface area contributed by atoms with Crippen LogP contribution in [0.1, 0.15) is 25.5 Å². The summed E-state index contributed by atoms with van der Waals surface area (Å²) in [5.41, 5.74) is 1.06. The molecule has 1 aliphatic rings. The van der Waals surface area contributed by atoms with Crippen molar-refractivity contribution in [3.8, 4) is 0 Å². The van der Waals surface area contributed by atoms with Crippen LogP contribution in [0, 0.1) is 10.1 Å². The molecule has 1 aromatic rings. The Hall–Kier alpha value is -1.50. The van der Waals surface area contributed by atoms with Crippen LogP contribution in [0.2, 0.25) is 0 Å². The third-order valence-electron chi connectivity index (χ3n) is 3.75. The highest BCUT2D eigenvalue weighted by Crippen LogP contribution is 2.30. The minimum absolute atomic E-state index is 0.00634. The number of rotatable bonds is 5. The minimum Gasteiger partial charge on any atom is -0.374 e. The van der Waals surface area contributed by atoms with Gasteiger partial charge in [0.2, 0.25) is 0 Å². The van der Waals surface area contributed by atoms with E-state index in [4.69, 9.17) is 4.74 Å². The second kappa shape index (κ2) is 6.98. The summed E-state index contributed by atoms with van der Waals surface area (Å²) in [7, 11) is 2.04. The fourth-order valence-corrected chi connectivity index (χ4v) is 2.68. The molecule has 1 fully saturated rings. The van der Waals surface area contributed by atoms with Crippen molar-refractivity contribution >= 4 is 5.69 Å². The molecule has 116 valence electrons. The smallest absolute Gasteiger partial charge is 0.269 e. The SMILES string of the molecule is CC(C)NCC1OCCN(C)C1c1cccc([N+](=O)[O-])c1. The number of non-ortho nitro benzene ring substituents is 1. The second-order valence-corrected chi connectivity index (χ2v) is 5.75. The van der Waals surface area contributed by atoms with Gasteiger partial charge in [-0.3, -0.25) is 15.0 Å². The molecule has 1 heterocycles. The number of benzene rings is 1. The molecule has 0 aliphatic carbocycles. The molecule has 0 saturated carbocycles. The van der Waals surface area contributed by atoms with Crippen LogP contribution in [0.5, 0.6) is 0 Å². The van der Waals surface area contributed by atoms with E-state index in [0.29, 0.717) is 12.6 Å². The first-order chi connectivity index (χ1) is 9.99. The predicted octanol–water partition coefficient (Wildman–Crippen LogP) is 1.96. The molecule has 1 aliphatic heterocycles. The molecule has 1 saturated heterocycles. The van der Waals surface area contributed by atoms with E-state index in [9.17, 15) is 10.1 Å². The first kappa shape index (κ1) is 15.9. The Balaban J connectivity index is 2.22. The highest BCUT2D eigenvalue weighted by Gasteiger charge is 2.32. The van der Waals surface area contributed by atoms with Crippen molar-refractivity contribution in [3.63, 3.8) is 0 Å². The van der Waals surface area contributed by atoms with E-state index < -0.39 is 0 Å². The first-order valence-corrected chi connectivity index (χ1v) is 7.28. The highest BCUT2D eigenvalue weighted by atomic mass is 16.6. The zero-order chi connectivity index (χ0) is 15.4. The fraction of sp³-hybridized carbons (Fsp3) is 0.600. The van der Waals surface area contributed by atoms with Gasteiger partial charge < -0.3 is 10.1 Å². The Kier molecular flexibility index (Phi) is 5.27. The van der Waals surface area contributed by atoms with Gasteiger partial charge in [0.25, 0.3) is 5.69 Å². The largest absolute Gasteiger partial charge is 0.374 e. The predicted molar refractivity (Wildman–Crippen MR) is 81.3 cm³/mol. The third kappa shape index (κ3) is 4.00. The average molecular weight is 293 g/mol. The van der Waals surface area contributed by atoms with Crippen LogP contribution >= 0.6 is 0 Å². The van der Waals surface area contributed by atoms with Crippen LogP contribution < -0.4 is 5.32 Å². The zero-order valence-electron chi connectivity index (χ0n) is 12.8. The normalized spacial score (nSPS) is 23.4. The van der Waals surface area contributed by atoms with Gasteiger partial charge in [-0.2, -0.15) is 0 Å². The van der Waals surface area contributed by atoms with E-state index in [2.05, 4.69) is 24.1 Å². The van der Waals surface area contributed by atoms with Crippen molar-refractivity contribution in [1.29, 1.82) is 0 Å². The number of nitrogens with zero attached hydrogens (tertiary/aromatic N) is 2. The molecule has 0 aromatic heterocycles. The summed E-state index contributed by atoms with van der Waals surface area (Å²) in [6.45, 7) is 6.43. The summed E-state index contributed by atoms with van der Waals surface area (Å²) in [5.74, 6) is 0. The molecule has 1 N–H and O–H groups in total. The summed E-state index contributed by atoms with van der Waals surface area (Å²) in [4.78, 5) is 12.8. The maximum absolute atomic E-state index is 11.0. The van der Waals surface area contributed by atoms with E-state index in [1.807, 2.05) is 13.1 Å². The van der Waals surface area contributed by atoms with E-state index >= 15 is 0 Å². The zero-order valence-corrected chi connectivity index (χ0v) is 12.8. The Morgan fingerprint density at radius 1 is 1.52 bits per heavy atom. The molecule has 21 heavy (non-hydrogen) atoms. The van der Waals surface area contributed by atoms with Crippen LogP contribution in [0.25, 0.3) is 0 Å². The maximum Gasteiger partial charge on any atom is 0.269 e. The lowest BCUT2D eigenvalue weighted by Gasteiger charge is -2.39. The number of morpholine rings is 1. The molecule has 0 bridgehead atoms. The van der Waals surface area contributed by atoms with Crippen LogP contribution in [0.3, 0.4) is 0 Å². The van der Waals surface area contributed by atoms with Crippen LogP contribution in [0.4, 0.5) is 5.69 Å². The second-order valence-electron chi connectivity index (χ2n) is 5.75. The Bertz CT molecular complexity index is 493. The summed E-state index contributed by atoms with van der Waals surface area (Å²) in [6, 6.07) is 7.26. The van der Waals surface area contributed by atoms with E-state index in [-0.39, 0.29) is 22.8 Å². The molecule has 1 aromatic carbocycles. The summed E-state index contributed by atoms with van der Waals surface area (Å²) in [6.07, 6.45) is -0.00634. The molecule has 6 heteroatoms. The van der Waals surface area contributed by atoms with Gasteiger partial charge in [0, 0.05) is 31.3 Å². The van der Waals surface area contributed by atoms with Gasteiger partial charge in [0.1, 0.15) is 0 Å². The number of hydrogen-bond donors (Lipinski definition) is 1. The standard InChI is InChI=1S/C15H23N3O3/c1-11(2)16-10-14-15(17(3)7-8-21-14)12-5-4-6-13(9-12)18(19)20/h4-6,9,11,14-16H,7-8,10H2,1-3H3. The average Bonchev–Trinajstić information content (AvgIpc) is 2.45.